The average Bonchev–Trinajstić information content (AvgIpc) is 2.31. The van der Waals surface area contributed by atoms with E-state index >= 15 is 0 Å². The Kier molecular flexibility index (Phi) is 2.84. The summed E-state index contributed by atoms with van der Waals surface area (Å²) in [4.78, 5) is 10.2. The molecular weight excluding hydrogens is 184 g/mol. The normalized spacial score (nSPS) is 41.8. The topological polar surface area (TPSA) is 127 Å². The molecular formula is C6H10O7. The summed E-state index contributed by atoms with van der Waals surface area (Å²) in [7, 11) is 0. The van der Waals surface area contributed by atoms with Gasteiger partial charge in [0.1, 0.15) is 18.3 Å². The molecule has 1 rings (SSSR count). The molecule has 0 unspecified atom stereocenters. The zero-order valence-corrected chi connectivity index (χ0v) is 6.44. The van der Waals surface area contributed by atoms with Gasteiger partial charge in [-0.05, 0) is 0 Å². The number of aliphatic carboxylic acids is 1. The summed E-state index contributed by atoms with van der Waals surface area (Å²) in [5.41, 5.74) is 0. The zero-order chi connectivity index (χ0) is 10.2. The van der Waals surface area contributed by atoms with Gasteiger partial charge in [-0.15, -0.1) is 0 Å². The summed E-state index contributed by atoms with van der Waals surface area (Å²) in [6.07, 6.45) is -8.36. The minimum absolute atomic E-state index is 1.51. The number of ether oxygens (including phenoxy) is 1. The Balaban J connectivity index is 2.68. The summed E-state index contributed by atoms with van der Waals surface area (Å²) in [6, 6.07) is 0. The van der Waals surface area contributed by atoms with Crippen molar-refractivity contribution in [2.45, 2.75) is 30.7 Å². The van der Waals surface area contributed by atoms with Crippen LogP contribution in [0.2, 0.25) is 0 Å². The predicted molar refractivity (Wildman–Crippen MR) is 36.5 cm³/mol. The van der Waals surface area contributed by atoms with Crippen LogP contribution in [-0.2, 0) is 9.53 Å². The van der Waals surface area contributed by atoms with Gasteiger partial charge < -0.3 is 30.3 Å². The van der Waals surface area contributed by atoms with Crippen LogP contribution in [0.1, 0.15) is 0 Å². The molecule has 0 aromatic carbocycles. The fraction of sp³-hybridized carbons (Fsp3) is 0.833. The molecule has 0 spiro atoms. The van der Waals surface area contributed by atoms with Gasteiger partial charge in [-0.2, -0.15) is 0 Å². The molecule has 5 N–H and O–H groups in total. The molecule has 0 aromatic rings. The lowest BCUT2D eigenvalue weighted by Crippen LogP contribution is -2.42. The largest absolute Gasteiger partial charge is 0.479 e. The lowest BCUT2D eigenvalue weighted by molar-refractivity contribution is -0.170. The molecule has 1 fully saturated rings. The number of carboxylic acid groups (broad SMARTS) is 1. The molecule has 0 aromatic heterocycles. The van der Waals surface area contributed by atoms with Crippen LogP contribution in [0.4, 0.5) is 0 Å². The molecule has 7 heteroatoms. The number of aliphatic hydroxyl groups is 4. The Hall–Kier alpha value is -0.730. The monoisotopic (exact) mass is 194 g/mol. The molecule has 5 atom stereocenters. The molecule has 1 aliphatic rings. The number of carboxylic acids is 1. The first kappa shape index (κ1) is 10.4. The van der Waals surface area contributed by atoms with Crippen LogP contribution in [-0.4, -0.2) is 62.2 Å². The smallest absolute Gasteiger partial charge is 0.335 e. The van der Waals surface area contributed by atoms with Gasteiger partial charge in [-0.25, -0.2) is 4.79 Å². The maximum absolute atomic E-state index is 10.2. The molecule has 0 bridgehead atoms. The predicted octanol–water partition coefficient (Wildman–Crippen LogP) is -3.13. The van der Waals surface area contributed by atoms with Gasteiger partial charge in [-0.1, -0.05) is 0 Å². The number of rotatable bonds is 2. The maximum atomic E-state index is 10.2. The van der Waals surface area contributed by atoms with Crippen molar-refractivity contribution in [2.24, 2.45) is 0 Å². The Morgan fingerprint density at radius 2 is 1.77 bits per heavy atom. The minimum atomic E-state index is -1.97. The number of carbonyl (C=O) groups is 1. The van der Waals surface area contributed by atoms with E-state index in [2.05, 4.69) is 4.74 Å². The van der Waals surface area contributed by atoms with Crippen molar-refractivity contribution in [3.05, 3.63) is 0 Å². The fourth-order valence-electron chi connectivity index (χ4n) is 1.09. The van der Waals surface area contributed by atoms with Crippen molar-refractivity contribution in [3.63, 3.8) is 0 Å². The third-order valence-electron chi connectivity index (χ3n) is 1.84. The SMILES string of the molecule is O=C(O)[C@@H](O)[C@H]1O[C@H](O)[C@H](O)[C@H]1O. The van der Waals surface area contributed by atoms with Crippen LogP contribution in [0.5, 0.6) is 0 Å². The molecule has 1 heterocycles. The van der Waals surface area contributed by atoms with Crippen molar-refractivity contribution in [2.75, 3.05) is 0 Å². The highest BCUT2D eigenvalue weighted by Crippen LogP contribution is 2.22. The highest BCUT2D eigenvalue weighted by atomic mass is 16.6. The van der Waals surface area contributed by atoms with Gasteiger partial charge >= 0.3 is 5.97 Å². The molecule has 1 aliphatic heterocycles. The van der Waals surface area contributed by atoms with E-state index in [0.29, 0.717) is 0 Å². The van der Waals surface area contributed by atoms with Crippen LogP contribution in [0.15, 0.2) is 0 Å². The van der Waals surface area contributed by atoms with Crippen LogP contribution in [0.3, 0.4) is 0 Å². The lowest BCUT2D eigenvalue weighted by atomic mass is 10.1. The minimum Gasteiger partial charge on any atom is -0.479 e. The number of aliphatic hydroxyl groups excluding tert-OH is 4. The molecule has 7 nitrogen and oxygen atoms in total. The van der Waals surface area contributed by atoms with Crippen LogP contribution >= 0.6 is 0 Å². The highest BCUT2D eigenvalue weighted by Gasteiger charge is 2.47. The number of hydrogen-bond acceptors (Lipinski definition) is 6. The van der Waals surface area contributed by atoms with E-state index in [1.54, 1.807) is 0 Å². The standard InChI is InChI=1S/C6H10O7/c7-1-2(8)6(12)13-4(1)3(9)5(10)11/h1-4,6-9,12H,(H,10,11)/t1-,2-,3+,4+,6+/m1/s1. The summed E-state index contributed by atoms with van der Waals surface area (Å²) >= 11 is 0. The van der Waals surface area contributed by atoms with E-state index in [9.17, 15) is 4.79 Å². The van der Waals surface area contributed by atoms with Gasteiger partial charge in [0.25, 0.3) is 0 Å². The molecule has 0 saturated carbocycles. The first-order valence-electron chi connectivity index (χ1n) is 3.55. The third kappa shape index (κ3) is 1.79. The van der Waals surface area contributed by atoms with Crippen molar-refractivity contribution in [1.29, 1.82) is 0 Å². The summed E-state index contributed by atoms with van der Waals surface area (Å²) in [5.74, 6) is -1.59. The van der Waals surface area contributed by atoms with E-state index in [1.165, 1.54) is 0 Å². The fourth-order valence-corrected chi connectivity index (χ4v) is 1.09. The van der Waals surface area contributed by atoms with E-state index in [-0.39, 0.29) is 0 Å². The quantitative estimate of drug-likeness (QED) is 0.314. The summed E-state index contributed by atoms with van der Waals surface area (Å²) < 4.78 is 4.43. The molecule has 1 saturated heterocycles. The zero-order valence-electron chi connectivity index (χ0n) is 6.44. The Morgan fingerprint density at radius 1 is 1.23 bits per heavy atom. The van der Waals surface area contributed by atoms with E-state index in [0.717, 1.165) is 0 Å². The number of hydrogen-bond donors (Lipinski definition) is 5. The second-order valence-corrected chi connectivity index (χ2v) is 2.76. The van der Waals surface area contributed by atoms with Gasteiger partial charge in [-0.3, -0.25) is 0 Å². The summed E-state index contributed by atoms with van der Waals surface area (Å²) in [5, 5.41) is 44.1. The van der Waals surface area contributed by atoms with Crippen molar-refractivity contribution >= 4 is 5.97 Å². The van der Waals surface area contributed by atoms with Crippen LogP contribution in [0.25, 0.3) is 0 Å². The maximum Gasteiger partial charge on any atom is 0.335 e. The van der Waals surface area contributed by atoms with Crippen molar-refractivity contribution < 1.29 is 35.1 Å². The molecule has 0 amide bonds. The highest BCUT2D eigenvalue weighted by molar-refractivity contribution is 5.72. The second kappa shape index (κ2) is 3.56. The first-order chi connectivity index (χ1) is 5.95. The Labute approximate surface area is 72.8 Å². The van der Waals surface area contributed by atoms with E-state index in [1.807, 2.05) is 0 Å². The van der Waals surface area contributed by atoms with Crippen molar-refractivity contribution in [1.82, 2.24) is 0 Å². The van der Waals surface area contributed by atoms with Gasteiger partial charge in [0.2, 0.25) is 0 Å². The van der Waals surface area contributed by atoms with Crippen LogP contribution in [0, 0.1) is 0 Å². The van der Waals surface area contributed by atoms with Gasteiger partial charge in [0.15, 0.2) is 12.4 Å². The van der Waals surface area contributed by atoms with Crippen molar-refractivity contribution in [3.8, 4) is 0 Å². The molecule has 76 valence electrons. The van der Waals surface area contributed by atoms with E-state index < -0.39 is 36.7 Å². The van der Waals surface area contributed by atoms with Gasteiger partial charge in [0, 0.05) is 0 Å². The second-order valence-electron chi connectivity index (χ2n) is 2.76. The Morgan fingerprint density at radius 3 is 2.08 bits per heavy atom. The van der Waals surface area contributed by atoms with Gasteiger partial charge in [0.05, 0.1) is 0 Å². The first-order valence-corrected chi connectivity index (χ1v) is 3.55. The third-order valence-corrected chi connectivity index (χ3v) is 1.84. The van der Waals surface area contributed by atoms with Crippen LogP contribution < -0.4 is 0 Å². The summed E-state index contributed by atoms with van der Waals surface area (Å²) in [6.45, 7) is 0. The lowest BCUT2D eigenvalue weighted by Gasteiger charge is -2.16. The van der Waals surface area contributed by atoms with E-state index in [4.69, 9.17) is 25.5 Å². The molecule has 13 heavy (non-hydrogen) atoms. The average molecular weight is 194 g/mol. The molecule has 0 aliphatic carbocycles. The Bertz CT molecular complexity index is 205. The molecule has 0 radical (unpaired) electrons.